The highest BCUT2D eigenvalue weighted by atomic mass is 35.5. The van der Waals surface area contributed by atoms with E-state index in [-0.39, 0.29) is 12.1 Å². The Morgan fingerprint density at radius 3 is 2.20 bits per heavy atom. The van der Waals surface area contributed by atoms with Gasteiger partial charge in [-0.05, 0) is 63.8 Å². The molecule has 0 radical (unpaired) electrons. The molecule has 3 nitrogen and oxygen atoms in total. The van der Waals surface area contributed by atoms with Crippen molar-refractivity contribution in [2.45, 2.75) is 63.9 Å². The van der Waals surface area contributed by atoms with Crippen molar-refractivity contribution in [3.05, 3.63) is 28.3 Å². The van der Waals surface area contributed by atoms with Gasteiger partial charge in [0.15, 0.2) is 0 Å². The maximum Gasteiger partial charge on any atom is 0.243 e. The maximum absolute atomic E-state index is 13.0. The minimum atomic E-state index is -3.46. The lowest BCUT2D eigenvalue weighted by molar-refractivity contribution is 0.204. The normalized spacial score (nSPS) is 24.9. The Morgan fingerprint density at radius 1 is 1.10 bits per heavy atom. The molecule has 1 saturated heterocycles. The first-order valence-electron chi connectivity index (χ1n) is 7.05. The van der Waals surface area contributed by atoms with Crippen LogP contribution in [-0.2, 0) is 10.0 Å². The van der Waals surface area contributed by atoms with E-state index in [1.165, 1.54) is 0 Å². The van der Waals surface area contributed by atoms with E-state index in [0.717, 1.165) is 24.8 Å². The summed E-state index contributed by atoms with van der Waals surface area (Å²) in [4.78, 5) is 0.389. The summed E-state index contributed by atoms with van der Waals surface area (Å²) in [6.45, 7) is 7.62. The number of halogens is 1. The van der Waals surface area contributed by atoms with Crippen LogP contribution >= 0.6 is 11.6 Å². The van der Waals surface area contributed by atoms with E-state index in [1.54, 1.807) is 23.4 Å². The van der Waals surface area contributed by atoms with Gasteiger partial charge in [-0.15, -0.1) is 0 Å². The molecule has 0 aromatic heterocycles. The number of rotatable bonds is 2. The number of piperidine rings is 1. The summed E-state index contributed by atoms with van der Waals surface area (Å²) in [5.74, 6) is 0. The summed E-state index contributed by atoms with van der Waals surface area (Å²) in [7, 11) is -3.46. The van der Waals surface area contributed by atoms with Crippen molar-refractivity contribution >= 4 is 21.6 Å². The molecule has 2 atom stereocenters. The second kappa shape index (κ2) is 5.66. The highest BCUT2D eigenvalue weighted by Gasteiger charge is 2.36. The maximum atomic E-state index is 13.0. The monoisotopic (exact) mass is 315 g/mol. The highest BCUT2D eigenvalue weighted by Crippen LogP contribution is 2.32. The van der Waals surface area contributed by atoms with Gasteiger partial charge in [-0.3, -0.25) is 0 Å². The third kappa shape index (κ3) is 2.74. The Morgan fingerprint density at radius 2 is 1.65 bits per heavy atom. The number of sulfonamides is 1. The van der Waals surface area contributed by atoms with Gasteiger partial charge in [0.05, 0.1) is 4.90 Å². The minimum Gasteiger partial charge on any atom is -0.207 e. The first-order chi connectivity index (χ1) is 9.25. The molecule has 5 heteroatoms. The van der Waals surface area contributed by atoms with Crippen LogP contribution in [0.1, 0.15) is 44.2 Å². The lowest BCUT2D eigenvalue weighted by Gasteiger charge is -2.38. The number of hydrogen-bond acceptors (Lipinski definition) is 2. The zero-order valence-corrected chi connectivity index (χ0v) is 14.1. The van der Waals surface area contributed by atoms with Crippen LogP contribution in [0.2, 0.25) is 5.02 Å². The summed E-state index contributed by atoms with van der Waals surface area (Å²) >= 11 is 6.07. The minimum absolute atomic E-state index is 0.0548. The predicted octanol–water partition coefficient (Wildman–Crippen LogP) is 3.91. The molecule has 0 spiro atoms. The second-order valence-electron chi connectivity index (χ2n) is 5.83. The fourth-order valence-electron chi connectivity index (χ4n) is 3.02. The van der Waals surface area contributed by atoms with E-state index in [1.807, 2.05) is 20.8 Å². The third-order valence-corrected chi connectivity index (χ3v) is 6.80. The van der Waals surface area contributed by atoms with Gasteiger partial charge in [-0.1, -0.05) is 18.0 Å². The smallest absolute Gasteiger partial charge is 0.207 e. The number of hydrogen-bond donors (Lipinski definition) is 0. The quantitative estimate of drug-likeness (QED) is 0.829. The Hall–Kier alpha value is -0.580. The first-order valence-corrected chi connectivity index (χ1v) is 8.87. The molecule has 1 aliphatic rings. The molecule has 1 heterocycles. The van der Waals surface area contributed by atoms with Crippen LogP contribution in [0.3, 0.4) is 0 Å². The zero-order valence-electron chi connectivity index (χ0n) is 12.5. The van der Waals surface area contributed by atoms with Crippen LogP contribution in [-0.4, -0.2) is 24.8 Å². The molecule has 20 heavy (non-hydrogen) atoms. The molecule has 0 aliphatic carbocycles. The summed E-state index contributed by atoms with van der Waals surface area (Å²) in [5.41, 5.74) is 1.51. The Bertz CT molecular complexity index is 603. The van der Waals surface area contributed by atoms with Crippen molar-refractivity contribution in [2.24, 2.45) is 0 Å². The SMILES string of the molecule is Cc1cc(S(=O)(=O)N2[C@H](C)CCC[C@H]2C)c(C)cc1Cl. The number of aryl methyl sites for hydroxylation is 2. The summed E-state index contributed by atoms with van der Waals surface area (Å²) in [5, 5.41) is 0.612. The van der Waals surface area contributed by atoms with Crippen LogP contribution in [0.15, 0.2) is 17.0 Å². The van der Waals surface area contributed by atoms with Crippen LogP contribution in [0, 0.1) is 13.8 Å². The van der Waals surface area contributed by atoms with Crippen molar-refractivity contribution in [1.82, 2.24) is 4.31 Å². The standard InChI is InChI=1S/C15H22ClNO2S/c1-10-9-15(11(2)8-14(10)16)20(18,19)17-12(3)6-5-7-13(17)4/h8-9,12-13H,5-7H2,1-4H3/t12-,13-/m1/s1. The van der Waals surface area contributed by atoms with E-state index in [0.29, 0.717) is 15.5 Å². The fraction of sp³-hybridized carbons (Fsp3) is 0.600. The van der Waals surface area contributed by atoms with Gasteiger partial charge in [0.25, 0.3) is 0 Å². The van der Waals surface area contributed by atoms with Crippen LogP contribution < -0.4 is 0 Å². The van der Waals surface area contributed by atoms with Crippen LogP contribution in [0.4, 0.5) is 0 Å². The Balaban J connectivity index is 2.52. The Labute approximate surface area is 127 Å². The van der Waals surface area contributed by atoms with E-state index in [4.69, 9.17) is 11.6 Å². The predicted molar refractivity (Wildman–Crippen MR) is 82.7 cm³/mol. The Kier molecular flexibility index (Phi) is 4.47. The van der Waals surface area contributed by atoms with E-state index < -0.39 is 10.0 Å². The fourth-order valence-corrected chi connectivity index (χ4v) is 5.41. The van der Waals surface area contributed by atoms with Gasteiger partial charge in [0.2, 0.25) is 10.0 Å². The third-order valence-electron chi connectivity index (χ3n) is 4.12. The molecular weight excluding hydrogens is 294 g/mol. The molecule has 0 unspecified atom stereocenters. The lowest BCUT2D eigenvalue weighted by Crippen LogP contribution is -2.47. The van der Waals surface area contributed by atoms with Gasteiger partial charge < -0.3 is 0 Å². The van der Waals surface area contributed by atoms with E-state index in [2.05, 4.69) is 0 Å². The summed E-state index contributed by atoms with van der Waals surface area (Å²) in [6, 6.07) is 3.54. The van der Waals surface area contributed by atoms with E-state index >= 15 is 0 Å². The number of nitrogens with zero attached hydrogens (tertiary/aromatic N) is 1. The molecule has 112 valence electrons. The largest absolute Gasteiger partial charge is 0.243 e. The zero-order chi connectivity index (χ0) is 15.1. The van der Waals surface area contributed by atoms with Crippen molar-refractivity contribution in [3.63, 3.8) is 0 Å². The average Bonchev–Trinajstić information content (AvgIpc) is 2.33. The summed E-state index contributed by atoms with van der Waals surface area (Å²) in [6.07, 6.45) is 2.94. The molecular formula is C15H22ClNO2S. The topological polar surface area (TPSA) is 37.4 Å². The molecule has 2 rings (SSSR count). The number of benzene rings is 1. The molecule has 0 amide bonds. The van der Waals surface area contributed by atoms with Gasteiger partial charge >= 0.3 is 0 Å². The van der Waals surface area contributed by atoms with Gasteiger partial charge in [0.1, 0.15) is 0 Å². The van der Waals surface area contributed by atoms with Gasteiger partial charge in [-0.2, -0.15) is 4.31 Å². The van der Waals surface area contributed by atoms with Crippen molar-refractivity contribution in [2.75, 3.05) is 0 Å². The highest BCUT2D eigenvalue weighted by molar-refractivity contribution is 7.89. The molecule has 1 fully saturated rings. The molecule has 1 aromatic carbocycles. The van der Waals surface area contributed by atoms with Crippen LogP contribution in [0.5, 0.6) is 0 Å². The van der Waals surface area contributed by atoms with Crippen molar-refractivity contribution in [3.8, 4) is 0 Å². The molecule has 0 N–H and O–H groups in total. The molecule has 1 aromatic rings. The molecule has 0 saturated carbocycles. The summed E-state index contributed by atoms with van der Waals surface area (Å²) < 4.78 is 27.6. The van der Waals surface area contributed by atoms with Gasteiger partial charge in [0, 0.05) is 17.1 Å². The molecule has 1 aliphatic heterocycles. The molecule has 0 bridgehead atoms. The average molecular weight is 316 g/mol. The van der Waals surface area contributed by atoms with E-state index in [9.17, 15) is 8.42 Å². The van der Waals surface area contributed by atoms with Crippen molar-refractivity contribution < 1.29 is 8.42 Å². The lowest BCUT2D eigenvalue weighted by atomic mass is 10.0. The first kappa shape index (κ1) is 15.8. The van der Waals surface area contributed by atoms with Gasteiger partial charge in [-0.25, -0.2) is 8.42 Å². The van der Waals surface area contributed by atoms with Crippen molar-refractivity contribution in [1.29, 1.82) is 0 Å². The van der Waals surface area contributed by atoms with Crippen LogP contribution in [0.25, 0.3) is 0 Å². The second-order valence-corrected chi connectivity index (χ2v) is 8.05.